The van der Waals surface area contributed by atoms with Crippen LogP contribution in [0.15, 0.2) is 42.6 Å². The third kappa shape index (κ3) is 4.20. The van der Waals surface area contributed by atoms with Gasteiger partial charge in [-0.3, -0.25) is 4.79 Å². The zero-order chi connectivity index (χ0) is 21.2. The highest BCUT2D eigenvalue weighted by molar-refractivity contribution is 5.83. The van der Waals surface area contributed by atoms with Crippen molar-refractivity contribution in [1.82, 2.24) is 19.4 Å². The number of hydrogen-bond acceptors (Lipinski definition) is 6. The van der Waals surface area contributed by atoms with Crippen molar-refractivity contribution in [2.24, 2.45) is 0 Å². The van der Waals surface area contributed by atoms with Crippen LogP contribution in [0.4, 0.5) is 11.8 Å². The van der Waals surface area contributed by atoms with Gasteiger partial charge in [0.1, 0.15) is 12.4 Å². The third-order valence-corrected chi connectivity index (χ3v) is 6.07. The van der Waals surface area contributed by atoms with Crippen molar-refractivity contribution in [2.45, 2.75) is 13.5 Å². The van der Waals surface area contributed by atoms with E-state index in [1.807, 2.05) is 40.8 Å². The normalized spacial score (nSPS) is 17.4. The van der Waals surface area contributed by atoms with Crippen molar-refractivity contribution in [1.29, 1.82) is 0 Å². The number of aryl methyl sites for hydroxylation is 1. The largest absolute Gasteiger partial charge is 0.378 e. The van der Waals surface area contributed by atoms with E-state index in [0.717, 1.165) is 54.5 Å². The minimum absolute atomic E-state index is 0.161. The molecule has 2 aliphatic heterocycles. The molecule has 0 saturated carbocycles. The molecule has 162 valence electrons. The van der Waals surface area contributed by atoms with Crippen LogP contribution in [0.2, 0.25) is 0 Å². The highest BCUT2D eigenvalue weighted by Gasteiger charge is 2.24. The number of fused-ring (bicyclic) bond motifs is 1. The van der Waals surface area contributed by atoms with Gasteiger partial charge in [-0.2, -0.15) is 4.98 Å². The van der Waals surface area contributed by atoms with Crippen LogP contribution in [-0.2, 0) is 16.1 Å². The molecule has 2 saturated heterocycles. The molecule has 8 nitrogen and oxygen atoms in total. The molecule has 2 aliphatic rings. The van der Waals surface area contributed by atoms with Gasteiger partial charge in [-0.15, -0.1) is 0 Å². The van der Waals surface area contributed by atoms with Gasteiger partial charge in [-0.1, -0.05) is 18.2 Å². The van der Waals surface area contributed by atoms with Crippen LogP contribution in [0.3, 0.4) is 0 Å². The van der Waals surface area contributed by atoms with Gasteiger partial charge in [0.2, 0.25) is 11.9 Å². The van der Waals surface area contributed by atoms with Gasteiger partial charge in [-0.25, -0.2) is 4.98 Å². The van der Waals surface area contributed by atoms with E-state index >= 15 is 0 Å². The maximum atomic E-state index is 12.9. The predicted molar refractivity (Wildman–Crippen MR) is 121 cm³/mol. The minimum atomic E-state index is 0.161. The lowest BCUT2D eigenvalue weighted by Gasteiger charge is -2.36. The molecule has 0 radical (unpaired) electrons. The van der Waals surface area contributed by atoms with Crippen LogP contribution in [0.1, 0.15) is 5.69 Å². The monoisotopic (exact) mass is 420 g/mol. The number of aromatic nitrogens is 3. The van der Waals surface area contributed by atoms with Crippen molar-refractivity contribution in [3.05, 3.63) is 48.3 Å². The number of morpholine rings is 1. The fourth-order valence-corrected chi connectivity index (χ4v) is 4.31. The summed E-state index contributed by atoms with van der Waals surface area (Å²) in [4.78, 5) is 28.8. The topological polar surface area (TPSA) is 66.7 Å². The first-order valence-electron chi connectivity index (χ1n) is 10.9. The molecule has 1 amide bonds. The molecule has 2 fully saturated rings. The molecular formula is C23H28N6O2. The molecule has 0 aliphatic carbocycles. The summed E-state index contributed by atoms with van der Waals surface area (Å²) in [6, 6.07) is 12.3. The number of ether oxygens (including phenoxy) is 1. The Kier molecular flexibility index (Phi) is 5.46. The van der Waals surface area contributed by atoms with Crippen LogP contribution in [0.5, 0.6) is 0 Å². The van der Waals surface area contributed by atoms with Crippen molar-refractivity contribution < 1.29 is 9.53 Å². The average Bonchev–Trinajstić information content (AvgIpc) is 3.22. The van der Waals surface area contributed by atoms with E-state index in [2.05, 4.69) is 33.0 Å². The summed E-state index contributed by atoms with van der Waals surface area (Å²) in [7, 11) is 0. The molecule has 4 heterocycles. The molecule has 31 heavy (non-hydrogen) atoms. The summed E-state index contributed by atoms with van der Waals surface area (Å²) in [6.45, 7) is 8.40. The summed E-state index contributed by atoms with van der Waals surface area (Å²) in [6.07, 6.45) is 2.00. The number of carbonyl (C=O) groups is 1. The Morgan fingerprint density at radius 3 is 2.55 bits per heavy atom. The van der Waals surface area contributed by atoms with Crippen LogP contribution in [0.25, 0.3) is 10.9 Å². The number of amides is 1. The van der Waals surface area contributed by atoms with E-state index in [-0.39, 0.29) is 5.91 Å². The molecule has 0 bridgehead atoms. The number of anilines is 2. The van der Waals surface area contributed by atoms with Gasteiger partial charge < -0.3 is 24.0 Å². The van der Waals surface area contributed by atoms with E-state index in [1.54, 1.807) is 0 Å². The number of rotatable bonds is 4. The van der Waals surface area contributed by atoms with E-state index in [0.29, 0.717) is 32.8 Å². The Morgan fingerprint density at radius 1 is 0.968 bits per heavy atom. The number of para-hydroxylation sites is 1. The summed E-state index contributed by atoms with van der Waals surface area (Å²) in [5.41, 5.74) is 2.06. The van der Waals surface area contributed by atoms with Gasteiger partial charge >= 0.3 is 0 Å². The number of nitrogens with zero attached hydrogens (tertiary/aromatic N) is 6. The molecule has 2 aromatic heterocycles. The zero-order valence-electron chi connectivity index (χ0n) is 17.9. The Morgan fingerprint density at radius 2 is 1.74 bits per heavy atom. The fraction of sp³-hybridized carbons (Fsp3) is 0.435. The number of hydrogen-bond donors (Lipinski definition) is 0. The predicted octanol–water partition coefficient (Wildman–Crippen LogP) is 1.93. The first-order valence-corrected chi connectivity index (χ1v) is 10.9. The highest BCUT2D eigenvalue weighted by atomic mass is 16.5. The van der Waals surface area contributed by atoms with Gasteiger partial charge in [0, 0.05) is 62.7 Å². The van der Waals surface area contributed by atoms with Crippen LogP contribution in [0, 0.1) is 6.92 Å². The molecule has 0 spiro atoms. The van der Waals surface area contributed by atoms with E-state index in [4.69, 9.17) is 9.72 Å². The summed E-state index contributed by atoms with van der Waals surface area (Å²) >= 11 is 0. The lowest BCUT2D eigenvalue weighted by atomic mass is 10.2. The molecule has 1 aromatic carbocycles. The van der Waals surface area contributed by atoms with Gasteiger partial charge in [-0.05, 0) is 24.4 Å². The first kappa shape index (κ1) is 19.8. The molecule has 0 unspecified atom stereocenters. The van der Waals surface area contributed by atoms with Crippen LogP contribution >= 0.6 is 0 Å². The minimum Gasteiger partial charge on any atom is -0.378 e. The van der Waals surface area contributed by atoms with Crippen molar-refractivity contribution >= 4 is 28.6 Å². The van der Waals surface area contributed by atoms with Crippen molar-refractivity contribution in [2.75, 3.05) is 62.3 Å². The highest BCUT2D eigenvalue weighted by Crippen LogP contribution is 2.20. The molecule has 3 aromatic rings. The Balaban J connectivity index is 1.23. The zero-order valence-corrected chi connectivity index (χ0v) is 17.9. The third-order valence-electron chi connectivity index (χ3n) is 6.07. The lowest BCUT2D eigenvalue weighted by Crippen LogP contribution is -2.50. The molecule has 0 atom stereocenters. The maximum absolute atomic E-state index is 12.9. The van der Waals surface area contributed by atoms with Crippen molar-refractivity contribution in [3.63, 3.8) is 0 Å². The second-order valence-electron chi connectivity index (χ2n) is 8.14. The number of benzene rings is 1. The Bertz CT molecular complexity index is 1070. The van der Waals surface area contributed by atoms with E-state index in [1.165, 1.54) is 0 Å². The second kappa shape index (κ2) is 8.55. The summed E-state index contributed by atoms with van der Waals surface area (Å²) < 4.78 is 7.48. The standard InChI is InChI=1S/C23H28N6O2/c1-18-16-21(25-23(24-18)28-12-14-31-15-13-28)26-8-10-27(11-9-26)22(30)17-29-7-6-19-4-2-3-5-20(19)29/h2-7,16H,8-15,17H2,1H3. The molecule has 0 N–H and O–H groups in total. The Labute approximate surface area is 182 Å². The average molecular weight is 421 g/mol. The van der Waals surface area contributed by atoms with E-state index < -0.39 is 0 Å². The number of piperazine rings is 1. The van der Waals surface area contributed by atoms with Crippen LogP contribution < -0.4 is 9.80 Å². The summed E-state index contributed by atoms with van der Waals surface area (Å²) in [5.74, 6) is 1.88. The van der Waals surface area contributed by atoms with Crippen LogP contribution in [-0.4, -0.2) is 77.8 Å². The quantitative estimate of drug-likeness (QED) is 0.643. The summed E-state index contributed by atoms with van der Waals surface area (Å²) in [5, 5.41) is 1.16. The molecular weight excluding hydrogens is 392 g/mol. The SMILES string of the molecule is Cc1cc(N2CCN(C(=O)Cn3ccc4ccccc43)CC2)nc(N2CCOCC2)n1. The number of carbonyl (C=O) groups excluding carboxylic acids is 1. The van der Waals surface area contributed by atoms with Gasteiger partial charge in [0.15, 0.2) is 0 Å². The first-order chi connectivity index (χ1) is 15.2. The maximum Gasteiger partial charge on any atom is 0.242 e. The molecule has 8 heteroatoms. The molecule has 5 rings (SSSR count). The van der Waals surface area contributed by atoms with Gasteiger partial charge in [0.05, 0.1) is 13.2 Å². The fourth-order valence-electron chi connectivity index (χ4n) is 4.31. The van der Waals surface area contributed by atoms with Crippen molar-refractivity contribution in [3.8, 4) is 0 Å². The second-order valence-corrected chi connectivity index (χ2v) is 8.14. The van der Waals surface area contributed by atoms with Gasteiger partial charge in [0.25, 0.3) is 0 Å². The smallest absolute Gasteiger partial charge is 0.242 e. The lowest BCUT2D eigenvalue weighted by molar-refractivity contribution is -0.132. The Hall–Kier alpha value is -3.13. The van der Waals surface area contributed by atoms with E-state index in [9.17, 15) is 4.79 Å².